The normalized spacial score (nSPS) is 11.4. The number of ether oxygens (including phenoxy) is 1. The molecule has 0 fully saturated rings. The standard InChI is InChI=1S/C16H21N3O2/c1-16(2,3)15-18-13(17)10-14(19-15)21-12-6-4-11(5-7-12)8-9-20/h4-7,10,20H,8-9H2,1-3H3,(H2,17,18,19). The van der Waals surface area contributed by atoms with Gasteiger partial charge < -0.3 is 15.6 Å². The van der Waals surface area contributed by atoms with Crippen LogP contribution in [-0.2, 0) is 11.8 Å². The van der Waals surface area contributed by atoms with Crippen LogP contribution in [0.5, 0.6) is 11.6 Å². The summed E-state index contributed by atoms with van der Waals surface area (Å²) in [4.78, 5) is 8.65. The average Bonchev–Trinajstić information content (AvgIpc) is 2.40. The van der Waals surface area contributed by atoms with Crippen LogP contribution in [0, 0.1) is 0 Å². The molecule has 3 N–H and O–H groups in total. The SMILES string of the molecule is CC(C)(C)c1nc(N)cc(Oc2ccc(CCO)cc2)n1. The summed E-state index contributed by atoms with van der Waals surface area (Å²) in [5.41, 5.74) is 6.68. The number of nitrogens with two attached hydrogens (primary N) is 1. The quantitative estimate of drug-likeness (QED) is 0.903. The molecule has 2 rings (SSSR count). The Hall–Kier alpha value is -2.14. The monoisotopic (exact) mass is 287 g/mol. The van der Waals surface area contributed by atoms with Crippen LogP contribution in [0.4, 0.5) is 5.82 Å². The summed E-state index contributed by atoms with van der Waals surface area (Å²) in [6.45, 7) is 6.21. The fourth-order valence-corrected chi connectivity index (χ4v) is 1.80. The Morgan fingerprint density at radius 2 is 1.81 bits per heavy atom. The minimum absolute atomic E-state index is 0.136. The molecule has 0 saturated carbocycles. The van der Waals surface area contributed by atoms with Crippen molar-refractivity contribution in [1.29, 1.82) is 0 Å². The summed E-state index contributed by atoms with van der Waals surface area (Å²) in [6, 6.07) is 9.14. The first kappa shape index (κ1) is 15.3. The second-order valence-corrected chi connectivity index (χ2v) is 5.92. The van der Waals surface area contributed by atoms with Crippen molar-refractivity contribution in [1.82, 2.24) is 9.97 Å². The maximum absolute atomic E-state index is 8.90. The second-order valence-electron chi connectivity index (χ2n) is 5.92. The van der Waals surface area contributed by atoms with Gasteiger partial charge in [0.2, 0.25) is 5.88 Å². The van der Waals surface area contributed by atoms with E-state index in [1.54, 1.807) is 6.07 Å². The highest BCUT2D eigenvalue weighted by Crippen LogP contribution is 2.25. The topological polar surface area (TPSA) is 81.3 Å². The number of hydrogen-bond acceptors (Lipinski definition) is 5. The zero-order valence-corrected chi connectivity index (χ0v) is 12.6. The molecule has 0 aliphatic heterocycles. The van der Waals surface area contributed by atoms with Crippen LogP contribution in [0.2, 0.25) is 0 Å². The summed E-state index contributed by atoms with van der Waals surface area (Å²) in [5.74, 6) is 2.15. The first-order valence-corrected chi connectivity index (χ1v) is 6.91. The zero-order chi connectivity index (χ0) is 15.5. The van der Waals surface area contributed by atoms with Crippen LogP contribution in [0.25, 0.3) is 0 Å². The number of hydrogen-bond donors (Lipinski definition) is 2. The molecule has 0 unspecified atom stereocenters. The number of benzene rings is 1. The molecule has 5 heteroatoms. The summed E-state index contributed by atoms with van der Waals surface area (Å²) in [7, 11) is 0. The van der Waals surface area contributed by atoms with Crippen LogP contribution < -0.4 is 10.5 Å². The molecule has 2 aromatic rings. The van der Waals surface area contributed by atoms with Gasteiger partial charge in [-0.2, -0.15) is 4.98 Å². The molecule has 1 heterocycles. The van der Waals surface area contributed by atoms with E-state index in [9.17, 15) is 0 Å². The number of nitrogen functional groups attached to an aromatic ring is 1. The predicted molar refractivity (Wildman–Crippen MR) is 82.5 cm³/mol. The summed E-state index contributed by atoms with van der Waals surface area (Å²) in [6.07, 6.45) is 0.634. The minimum Gasteiger partial charge on any atom is -0.439 e. The lowest BCUT2D eigenvalue weighted by molar-refractivity contribution is 0.299. The van der Waals surface area contributed by atoms with Gasteiger partial charge in [-0.25, -0.2) is 4.98 Å². The van der Waals surface area contributed by atoms with E-state index in [2.05, 4.69) is 9.97 Å². The van der Waals surface area contributed by atoms with Crippen LogP contribution >= 0.6 is 0 Å². The Kier molecular flexibility index (Phi) is 4.43. The Morgan fingerprint density at radius 3 is 2.38 bits per heavy atom. The number of anilines is 1. The first-order valence-electron chi connectivity index (χ1n) is 6.91. The van der Waals surface area contributed by atoms with Gasteiger partial charge in [0.05, 0.1) is 0 Å². The summed E-state index contributed by atoms with van der Waals surface area (Å²) < 4.78 is 5.73. The largest absolute Gasteiger partial charge is 0.439 e. The molecule has 1 aromatic heterocycles. The van der Waals surface area contributed by atoms with Gasteiger partial charge in [0.1, 0.15) is 17.4 Å². The third kappa shape index (κ3) is 4.16. The maximum atomic E-state index is 8.90. The van der Waals surface area contributed by atoms with Crippen LogP contribution in [0.15, 0.2) is 30.3 Å². The summed E-state index contributed by atoms with van der Waals surface area (Å²) >= 11 is 0. The molecule has 0 aliphatic carbocycles. The summed E-state index contributed by atoms with van der Waals surface area (Å²) in [5, 5.41) is 8.90. The van der Waals surface area contributed by atoms with E-state index in [0.29, 0.717) is 29.7 Å². The van der Waals surface area contributed by atoms with Crippen LogP contribution in [0.1, 0.15) is 32.2 Å². The van der Waals surface area contributed by atoms with Crippen molar-refractivity contribution < 1.29 is 9.84 Å². The molecular weight excluding hydrogens is 266 g/mol. The Labute approximate surface area is 124 Å². The van der Waals surface area contributed by atoms with E-state index < -0.39 is 0 Å². The van der Waals surface area contributed by atoms with E-state index in [4.69, 9.17) is 15.6 Å². The molecular formula is C16H21N3O2. The highest BCUT2D eigenvalue weighted by molar-refractivity contribution is 5.37. The fourth-order valence-electron chi connectivity index (χ4n) is 1.80. The lowest BCUT2D eigenvalue weighted by atomic mass is 9.96. The fraction of sp³-hybridized carbons (Fsp3) is 0.375. The van der Waals surface area contributed by atoms with Crippen molar-refractivity contribution in [2.45, 2.75) is 32.6 Å². The van der Waals surface area contributed by atoms with Gasteiger partial charge in [0.15, 0.2) is 0 Å². The molecule has 21 heavy (non-hydrogen) atoms. The van der Waals surface area contributed by atoms with Crippen molar-refractivity contribution in [3.05, 3.63) is 41.7 Å². The van der Waals surface area contributed by atoms with Gasteiger partial charge >= 0.3 is 0 Å². The molecule has 112 valence electrons. The molecule has 0 radical (unpaired) electrons. The van der Waals surface area contributed by atoms with Gasteiger partial charge in [-0.15, -0.1) is 0 Å². The van der Waals surface area contributed by atoms with E-state index >= 15 is 0 Å². The van der Waals surface area contributed by atoms with Crippen molar-refractivity contribution in [3.8, 4) is 11.6 Å². The van der Waals surface area contributed by atoms with Crippen molar-refractivity contribution in [2.75, 3.05) is 12.3 Å². The Bertz CT molecular complexity index is 604. The van der Waals surface area contributed by atoms with Gasteiger partial charge in [-0.1, -0.05) is 32.9 Å². The van der Waals surface area contributed by atoms with Crippen LogP contribution in [-0.4, -0.2) is 21.7 Å². The van der Waals surface area contributed by atoms with Gasteiger partial charge in [-0.3, -0.25) is 0 Å². The van der Waals surface area contributed by atoms with Crippen molar-refractivity contribution >= 4 is 5.82 Å². The number of aliphatic hydroxyl groups excluding tert-OH is 1. The zero-order valence-electron chi connectivity index (χ0n) is 12.6. The molecule has 0 aliphatic rings. The third-order valence-corrected chi connectivity index (χ3v) is 2.94. The van der Waals surface area contributed by atoms with Gasteiger partial charge in [0, 0.05) is 18.1 Å². The van der Waals surface area contributed by atoms with Crippen LogP contribution in [0.3, 0.4) is 0 Å². The van der Waals surface area contributed by atoms with E-state index in [0.717, 1.165) is 5.56 Å². The van der Waals surface area contributed by atoms with E-state index in [1.165, 1.54) is 0 Å². The third-order valence-electron chi connectivity index (χ3n) is 2.94. The average molecular weight is 287 g/mol. The smallest absolute Gasteiger partial charge is 0.224 e. The van der Waals surface area contributed by atoms with Crippen molar-refractivity contribution in [2.24, 2.45) is 0 Å². The molecule has 1 aromatic carbocycles. The molecule has 0 atom stereocenters. The van der Waals surface area contributed by atoms with Gasteiger partial charge in [0.25, 0.3) is 0 Å². The predicted octanol–water partition coefficient (Wildman–Crippen LogP) is 2.68. The lowest BCUT2D eigenvalue weighted by Gasteiger charge is -2.17. The highest BCUT2D eigenvalue weighted by atomic mass is 16.5. The number of aliphatic hydroxyl groups is 1. The Balaban J connectivity index is 2.21. The molecule has 0 saturated heterocycles. The number of nitrogens with zero attached hydrogens (tertiary/aromatic N) is 2. The molecule has 0 bridgehead atoms. The molecule has 0 amide bonds. The van der Waals surface area contributed by atoms with Gasteiger partial charge in [-0.05, 0) is 24.1 Å². The number of aromatic nitrogens is 2. The first-order chi connectivity index (χ1) is 9.88. The number of rotatable bonds is 4. The molecule has 0 spiro atoms. The van der Waals surface area contributed by atoms with Crippen molar-refractivity contribution in [3.63, 3.8) is 0 Å². The lowest BCUT2D eigenvalue weighted by Crippen LogP contribution is -2.17. The maximum Gasteiger partial charge on any atom is 0.224 e. The second kappa shape index (κ2) is 6.10. The molecule has 5 nitrogen and oxygen atoms in total. The van der Waals surface area contributed by atoms with E-state index in [1.807, 2.05) is 45.0 Å². The van der Waals surface area contributed by atoms with E-state index in [-0.39, 0.29) is 12.0 Å². The highest BCUT2D eigenvalue weighted by Gasteiger charge is 2.19. The minimum atomic E-state index is -0.196. The Morgan fingerprint density at radius 1 is 1.14 bits per heavy atom.